The number of carboxylic acid groups (broad SMARTS) is 1. The zero-order valence-electron chi connectivity index (χ0n) is 20.6. The van der Waals surface area contributed by atoms with E-state index < -0.39 is 23.5 Å². The molecule has 35 heavy (non-hydrogen) atoms. The molecule has 1 saturated heterocycles. The summed E-state index contributed by atoms with van der Waals surface area (Å²) in [5.41, 5.74) is 3.57. The maximum absolute atomic E-state index is 13.4. The summed E-state index contributed by atoms with van der Waals surface area (Å²) in [5.74, 6) is -1.34. The predicted molar refractivity (Wildman–Crippen MR) is 133 cm³/mol. The van der Waals surface area contributed by atoms with Gasteiger partial charge in [-0.05, 0) is 47.9 Å². The average molecular weight is 479 g/mol. The van der Waals surface area contributed by atoms with Gasteiger partial charge in [0.05, 0.1) is 5.41 Å². The Morgan fingerprint density at radius 3 is 2.29 bits per heavy atom. The van der Waals surface area contributed by atoms with Gasteiger partial charge in [-0.15, -0.1) is 0 Å². The van der Waals surface area contributed by atoms with Crippen LogP contribution in [0.3, 0.4) is 0 Å². The second-order valence-electron chi connectivity index (χ2n) is 10.1. The number of benzene rings is 2. The van der Waals surface area contributed by atoms with Gasteiger partial charge < -0.3 is 20.1 Å². The van der Waals surface area contributed by atoms with Gasteiger partial charge in [-0.2, -0.15) is 0 Å². The number of nitrogens with one attached hydrogen (secondary N) is 1. The van der Waals surface area contributed by atoms with Gasteiger partial charge in [-0.1, -0.05) is 68.8 Å². The molecule has 2 amide bonds. The summed E-state index contributed by atoms with van der Waals surface area (Å²) in [7, 11) is 0. The number of carbonyl (C=O) groups excluding carboxylic acids is 2. The van der Waals surface area contributed by atoms with Gasteiger partial charge >= 0.3 is 12.1 Å². The SMILES string of the molecule is CCC(C)[C@H](NC(=O)OCC1c2ccccc2-c2ccccc21)C(=O)N1CCCC(C)(C(=O)O)C1. The van der Waals surface area contributed by atoms with Crippen molar-refractivity contribution < 1.29 is 24.2 Å². The van der Waals surface area contributed by atoms with Crippen molar-refractivity contribution in [3.63, 3.8) is 0 Å². The van der Waals surface area contributed by atoms with Crippen molar-refractivity contribution in [2.24, 2.45) is 11.3 Å². The van der Waals surface area contributed by atoms with E-state index in [0.29, 0.717) is 25.8 Å². The Morgan fingerprint density at radius 2 is 1.71 bits per heavy atom. The highest BCUT2D eigenvalue weighted by atomic mass is 16.5. The van der Waals surface area contributed by atoms with Gasteiger partial charge in [0.15, 0.2) is 0 Å². The topological polar surface area (TPSA) is 95.9 Å². The molecule has 2 aromatic rings. The van der Waals surface area contributed by atoms with E-state index in [1.165, 1.54) is 0 Å². The van der Waals surface area contributed by atoms with Crippen molar-refractivity contribution in [1.82, 2.24) is 10.2 Å². The molecule has 1 aliphatic heterocycles. The Hall–Kier alpha value is -3.35. The summed E-state index contributed by atoms with van der Waals surface area (Å²) < 4.78 is 5.67. The molecular formula is C28H34N2O5. The number of likely N-dealkylation sites (tertiary alicyclic amines) is 1. The number of nitrogens with zero attached hydrogens (tertiary/aromatic N) is 1. The fraction of sp³-hybridized carbons (Fsp3) is 0.464. The Bertz CT molecular complexity index is 1070. The van der Waals surface area contributed by atoms with E-state index in [4.69, 9.17) is 4.74 Å². The number of hydrogen-bond donors (Lipinski definition) is 2. The molecule has 1 fully saturated rings. The van der Waals surface area contributed by atoms with Crippen LogP contribution in [0.1, 0.15) is 57.1 Å². The summed E-state index contributed by atoms with van der Waals surface area (Å²) >= 11 is 0. The van der Waals surface area contributed by atoms with E-state index in [2.05, 4.69) is 29.6 Å². The van der Waals surface area contributed by atoms with Crippen LogP contribution < -0.4 is 5.32 Å². The minimum atomic E-state index is -0.975. The van der Waals surface area contributed by atoms with Crippen LogP contribution in [0.4, 0.5) is 4.79 Å². The number of carbonyl (C=O) groups is 3. The highest BCUT2D eigenvalue weighted by Gasteiger charge is 2.42. The van der Waals surface area contributed by atoms with Crippen LogP contribution >= 0.6 is 0 Å². The second kappa shape index (κ2) is 10.1. The van der Waals surface area contributed by atoms with Crippen molar-refractivity contribution in [3.8, 4) is 11.1 Å². The molecule has 0 radical (unpaired) electrons. The highest BCUT2D eigenvalue weighted by Crippen LogP contribution is 2.44. The standard InChI is InChI=1S/C28H34N2O5/c1-4-18(2)24(25(31)30-15-9-14-28(3,17-30)26(32)33)29-27(34)35-16-23-21-12-7-5-10-19(21)20-11-6-8-13-22(20)23/h5-8,10-13,18,23-24H,4,9,14-17H2,1-3H3,(H,29,34)(H,32,33)/t18?,24-,28?/m0/s1. The molecule has 1 aliphatic carbocycles. The summed E-state index contributed by atoms with van der Waals surface area (Å²) in [5, 5.41) is 12.4. The highest BCUT2D eigenvalue weighted by molar-refractivity contribution is 5.87. The maximum Gasteiger partial charge on any atom is 0.407 e. The molecule has 1 heterocycles. The molecule has 2 unspecified atom stereocenters. The summed E-state index contributed by atoms with van der Waals surface area (Å²) in [6.45, 7) is 6.34. The van der Waals surface area contributed by atoms with E-state index in [9.17, 15) is 19.5 Å². The van der Waals surface area contributed by atoms with Gasteiger partial charge in [0, 0.05) is 19.0 Å². The molecule has 2 aromatic carbocycles. The largest absolute Gasteiger partial charge is 0.481 e. The van der Waals surface area contributed by atoms with Crippen LogP contribution in [0, 0.1) is 11.3 Å². The maximum atomic E-state index is 13.4. The fourth-order valence-electron chi connectivity index (χ4n) is 5.25. The summed E-state index contributed by atoms with van der Waals surface area (Å²) in [6, 6.07) is 15.5. The van der Waals surface area contributed by atoms with E-state index >= 15 is 0 Å². The van der Waals surface area contributed by atoms with E-state index in [-0.39, 0.29) is 30.9 Å². The minimum absolute atomic E-state index is 0.0655. The second-order valence-corrected chi connectivity index (χ2v) is 10.1. The predicted octanol–water partition coefficient (Wildman–Crippen LogP) is 4.65. The minimum Gasteiger partial charge on any atom is -0.481 e. The zero-order valence-corrected chi connectivity index (χ0v) is 20.6. The van der Waals surface area contributed by atoms with Crippen molar-refractivity contribution in [2.45, 2.75) is 52.0 Å². The lowest BCUT2D eigenvalue weighted by Gasteiger charge is -2.39. The molecule has 0 bridgehead atoms. The Morgan fingerprint density at radius 1 is 1.11 bits per heavy atom. The lowest BCUT2D eigenvalue weighted by molar-refractivity contribution is -0.154. The normalized spacial score (nSPS) is 20.9. The van der Waals surface area contributed by atoms with Gasteiger partial charge in [0.25, 0.3) is 0 Å². The number of alkyl carbamates (subject to hydrolysis) is 1. The van der Waals surface area contributed by atoms with Crippen molar-refractivity contribution in [1.29, 1.82) is 0 Å². The number of amides is 2. The molecular weight excluding hydrogens is 444 g/mol. The Labute approximate surface area is 206 Å². The number of ether oxygens (including phenoxy) is 1. The number of hydrogen-bond acceptors (Lipinski definition) is 4. The number of carboxylic acids is 1. The fourth-order valence-corrected chi connectivity index (χ4v) is 5.25. The number of aliphatic carboxylic acids is 1. The molecule has 2 aliphatic rings. The Balaban J connectivity index is 1.44. The number of piperidine rings is 1. The average Bonchev–Trinajstić information content (AvgIpc) is 3.19. The lowest BCUT2D eigenvalue weighted by Crippen LogP contribution is -2.56. The quantitative estimate of drug-likeness (QED) is 0.604. The third kappa shape index (κ3) is 4.90. The summed E-state index contributed by atoms with van der Waals surface area (Å²) in [4.78, 5) is 39.6. The summed E-state index contributed by atoms with van der Waals surface area (Å²) in [6.07, 6.45) is 1.19. The van der Waals surface area contributed by atoms with Crippen molar-refractivity contribution in [3.05, 3.63) is 59.7 Å². The molecule has 2 N–H and O–H groups in total. The first kappa shape index (κ1) is 24.8. The zero-order chi connectivity index (χ0) is 25.2. The van der Waals surface area contributed by atoms with Crippen molar-refractivity contribution in [2.75, 3.05) is 19.7 Å². The Kier molecular flexibility index (Phi) is 7.15. The van der Waals surface area contributed by atoms with Gasteiger partial charge in [-0.3, -0.25) is 9.59 Å². The monoisotopic (exact) mass is 478 g/mol. The molecule has 186 valence electrons. The van der Waals surface area contributed by atoms with Crippen LogP contribution in [0.2, 0.25) is 0 Å². The van der Waals surface area contributed by atoms with E-state index in [1.807, 2.05) is 38.1 Å². The van der Waals surface area contributed by atoms with Gasteiger partial charge in [-0.25, -0.2) is 4.79 Å². The van der Waals surface area contributed by atoms with Crippen LogP contribution in [0.15, 0.2) is 48.5 Å². The lowest BCUT2D eigenvalue weighted by atomic mass is 9.81. The van der Waals surface area contributed by atoms with Crippen LogP contribution in [0.25, 0.3) is 11.1 Å². The first-order chi connectivity index (χ1) is 16.7. The smallest absolute Gasteiger partial charge is 0.407 e. The molecule has 0 spiro atoms. The first-order valence-corrected chi connectivity index (χ1v) is 12.4. The number of fused-ring (bicyclic) bond motifs is 3. The molecule has 4 rings (SSSR count). The third-order valence-corrected chi connectivity index (χ3v) is 7.62. The van der Waals surface area contributed by atoms with Gasteiger partial charge in [0.2, 0.25) is 5.91 Å². The van der Waals surface area contributed by atoms with Gasteiger partial charge in [0.1, 0.15) is 12.6 Å². The molecule has 0 aromatic heterocycles. The van der Waals surface area contributed by atoms with E-state index in [1.54, 1.807) is 11.8 Å². The molecule has 0 saturated carbocycles. The van der Waals surface area contributed by atoms with Crippen LogP contribution in [0.5, 0.6) is 0 Å². The number of rotatable bonds is 7. The third-order valence-electron chi connectivity index (χ3n) is 7.62. The van der Waals surface area contributed by atoms with E-state index in [0.717, 1.165) is 22.3 Å². The molecule has 3 atom stereocenters. The van der Waals surface area contributed by atoms with Crippen LogP contribution in [-0.2, 0) is 14.3 Å². The first-order valence-electron chi connectivity index (χ1n) is 12.4. The molecule has 7 nitrogen and oxygen atoms in total. The molecule has 7 heteroatoms. The van der Waals surface area contributed by atoms with Crippen LogP contribution in [-0.4, -0.2) is 53.7 Å². The van der Waals surface area contributed by atoms with Crippen molar-refractivity contribution >= 4 is 18.0 Å².